The molecule has 0 aliphatic carbocycles. The maximum absolute atomic E-state index is 11.9. The van der Waals surface area contributed by atoms with Crippen molar-refractivity contribution in [1.82, 2.24) is 0 Å². The molecule has 3 heteroatoms. The predicted molar refractivity (Wildman–Crippen MR) is 74.9 cm³/mol. The second-order valence-corrected chi connectivity index (χ2v) is 5.37. The highest BCUT2D eigenvalue weighted by Gasteiger charge is 2.16. The lowest BCUT2D eigenvalue weighted by molar-refractivity contribution is -0.127. The second-order valence-electron chi connectivity index (χ2n) is 5.37. The van der Waals surface area contributed by atoms with Crippen LogP contribution in [0.2, 0.25) is 0 Å². The van der Waals surface area contributed by atoms with Crippen molar-refractivity contribution >= 4 is 11.6 Å². The zero-order chi connectivity index (χ0) is 13.8. The Morgan fingerprint density at radius 3 is 2.22 bits per heavy atom. The van der Waals surface area contributed by atoms with Crippen molar-refractivity contribution in [3.63, 3.8) is 0 Å². The smallest absolute Gasteiger partial charge is 0.252 e. The van der Waals surface area contributed by atoms with Crippen LogP contribution in [-0.4, -0.2) is 25.2 Å². The average Bonchev–Trinajstić information content (AvgIpc) is 2.34. The van der Waals surface area contributed by atoms with Crippen LogP contribution >= 0.6 is 0 Å². The van der Waals surface area contributed by atoms with Gasteiger partial charge in [-0.15, -0.1) is 0 Å². The van der Waals surface area contributed by atoms with Gasteiger partial charge in [0.25, 0.3) is 5.91 Å². The Kier molecular flexibility index (Phi) is 4.91. The normalized spacial score (nSPS) is 11.4. The molecule has 0 atom stereocenters. The van der Waals surface area contributed by atoms with E-state index in [1.165, 1.54) is 5.56 Å². The van der Waals surface area contributed by atoms with Gasteiger partial charge in [-0.05, 0) is 44.9 Å². The topological polar surface area (TPSA) is 29.5 Å². The molecule has 0 fully saturated rings. The standard InChI is InChI=1S/C15H23NO2/c1-6-12-7-9-13(10-8-12)16(5)14(17)11-18-15(2,3)4/h7-10H,6,11H2,1-5H3. The number of carbonyl (C=O) groups is 1. The molecule has 0 radical (unpaired) electrons. The molecule has 0 N–H and O–H groups in total. The minimum atomic E-state index is -0.289. The van der Waals surface area contributed by atoms with Gasteiger partial charge in [0.2, 0.25) is 0 Å². The molecule has 0 bridgehead atoms. The summed E-state index contributed by atoms with van der Waals surface area (Å²) in [5, 5.41) is 0. The van der Waals surface area contributed by atoms with E-state index in [9.17, 15) is 4.79 Å². The molecule has 0 aliphatic rings. The molecule has 0 aromatic heterocycles. The highest BCUT2D eigenvalue weighted by molar-refractivity contribution is 5.93. The summed E-state index contributed by atoms with van der Waals surface area (Å²) >= 11 is 0. The number of nitrogens with zero attached hydrogens (tertiary/aromatic N) is 1. The van der Waals surface area contributed by atoms with E-state index in [-0.39, 0.29) is 18.1 Å². The summed E-state index contributed by atoms with van der Waals surface area (Å²) in [6, 6.07) is 8.02. The van der Waals surface area contributed by atoms with Crippen molar-refractivity contribution in [2.45, 2.75) is 39.7 Å². The Hall–Kier alpha value is -1.35. The van der Waals surface area contributed by atoms with Gasteiger partial charge in [-0.1, -0.05) is 19.1 Å². The third-order valence-electron chi connectivity index (χ3n) is 2.73. The van der Waals surface area contributed by atoms with E-state index in [4.69, 9.17) is 4.74 Å². The lowest BCUT2D eigenvalue weighted by Gasteiger charge is -2.22. The molecular formula is C15H23NO2. The predicted octanol–water partition coefficient (Wildman–Crippen LogP) is 3.03. The van der Waals surface area contributed by atoms with Crippen LogP contribution in [0.5, 0.6) is 0 Å². The third-order valence-corrected chi connectivity index (χ3v) is 2.73. The Labute approximate surface area is 110 Å². The van der Waals surface area contributed by atoms with Gasteiger partial charge in [0.15, 0.2) is 0 Å². The van der Waals surface area contributed by atoms with E-state index in [1.54, 1.807) is 11.9 Å². The molecule has 18 heavy (non-hydrogen) atoms. The van der Waals surface area contributed by atoms with Gasteiger partial charge < -0.3 is 9.64 Å². The zero-order valence-corrected chi connectivity index (χ0v) is 12.0. The average molecular weight is 249 g/mol. The van der Waals surface area contributed by atoms with E-state index >= 15 is 0 Å². The minimum Gasteiger partial charge on any atom is -0.366 e. The van der Waals surface area contributed by atoms with Gasteiger partial charge in [-0.3, -0.25) is 4.79 Å². The third kappa shape index (κ3) is 4.49. The van der Waals surface area contributed by atoms with Crippen LogP contribution in [-0.2, 0) is 16.0 Å². The summed E-state index contributed by atoms with van der Waals surface area (Å²) in [7, 11) is 1.77. The Balaban J connectivity index is 2.62. The van der Waals surface area contributed by atoms with Crippen LogP contribution in [0.4, 0.5) is 5.69 Å². The molecule has 1 rings (SSSR count). The minimum absolute atomic E-state index is 0.0332. The first-order valence-electron chi connectivity index (χ1n) is 6.33. The Morgan fingerprint density at radius 2 is 1.78 bits per heavy atom. The molecule has 1 amide bonds. The Morgan fingerprint density at radius 1 is 1.22 bits per heavy atom. The second kappa shape index (κ2) is 6.01. The van der Waals surface area contributed by atoms with Crippen LogP contribution < -0.4 is 4.90 Å². The monoisotopic (exact) mass is 249 g/mol. The summed E-state index contributed by atoms with van der Waals surface area (Å²) in [5.74, 6) is -0.0332. The molecule has 1 aromatic rings. The number of rotatable bonds is 4. The highest BCUT2D eigenvalue weighted by Crippen LogP contribution is 2.15. The molecule has 0 saturated carbocycles. The van der Waals surface area contributed by atoms with E-state index < -0.39 is 0 Å². The number of hydrogen-bond acceptors (Lipinski definition) is 2. The molecule has 3 nitrogen and oxygen atoms in total. The van der Waals surface area contributed by atoms with Crippen molar-refractivity contribution in [3.8, 4) is 0 Å². The van der Waals surface area contributed by atoms with E-state index in [0.717, 1.165) is 12.1 Å². The number of likely N-dealkylation sites (N-methyl/N-ethyl adjacent to an activating group) is 1. The van der Waals surface area contributed by atoms with Crippen LogP contribution in [0.25, 0.3) is 0 Å². The van der Waals surface area contributed by atoms with Crippen molar-refractivity contribution < 1.29 is 9.53 Å². The lowest BCUT2D eigenvalue weighted by Crippen LogP contribution is -2.33. The van der Waals surface area contributed by atoms with E-state index in [1.807, 2.05) is 45.0 Å². The first-order chi connectivity index (χ1) is 8.33. The molecular weight excluding hydrogens is 226 g/mol. The van der Waals surface area contributed by atoms with E-state index in [0.29, 0.717) is 0 Å². The van der Waals surface area contributed by atoms with Crippen molar-refractivity contribution in [2.75, 3.05) is 18.6 Å². The highest BCUT2D eigenvalue weighted by atomic mass is 16.5. The molecule has 0 unspecified atom stereocenters. The van der Waals surface area contributed by atoms with Gasteiger partial charge in [-0.2, -0.15) is 0 Å². The maximum atomic E-state index is 11.9. The quantitative estimate of drug-likeness (QED) is 0.821. The maximum Gasteiger partial charge on any atom is 0.252 e. The summed E-state index contributed by atoms with van der Waals surface area (Å²) < 4.78 is 5.49. The number of hydrogen-bond donors (Lipinski definition) is 0. The molecule has 100 valence electrons. The van der Waals surface area contributed by atoms with Gasteiger partial charge in [0.1, 0.15) is 6.61 Å². The molecule has 0 aliphatic heterocycles. The molecule has 0 spiro atoms. The number of amides is 1. The number of anilines is 1. The first kappa shape index (κ1) is 14.7. The lowest BCUT2D eigenvalue weighted by atomic mass is 10.1. The molecule has 0 saturated heterocycles. The fourth-order valence-corrected chi connectivity index (χ4v) is 1.47. The van der Waals surface area contributed by atoms with Crippen LogP contribution in [0.3, 0.4) is 0 Å². The fraction of sp³-hybridized carbons (Fsp3) is 0.533. The summed E-state index contributed by atoms with van der Waals surface area (Å²) in [4.78, 5) is 13.6. The van der Waals surface area contributed by atoms with Crippen LogP contribution in [0.15, 0.2) is 24.3 Å². The number of benzene rings is 1. The van der Waals surface area contributed by atoms with Crippen molar-refractivity contribution in [3.05, 3.63) is 29.8 Å². The van der Waals surface area contributed by atoms with Crippen LogP contribution in [0, 0.1) is 0 Å². The summed E-state index contributed by atoms with van der Waals surface area (Å²) in [5.41, 5.74) is 1.88. The van der Waals surface area contributed by atoms with Crippen molar-refractivity contribution in [1.29, 1.82) is 0 Å². The number of ether oxygens (including phenoxy) is 1. The zero-order valence-electron chi connectivity index (χ0n) is 12.0. The summed E-state index contributed by atoms with van der Waals surface area (Å²) in [6.45, 7) is 8.04. The molecule has 1 aromatic carbocycles. The SMILES string of the molecule is CCc1ccc(N(C)C(=O)COC(C)(C)C)cc1. The Bertz CT molecular complexity index is 390. The van der Waals surface area contributed by atoms with Gasteiger partial charge >= 0.3 is 0 Å². The van der Waals surface area contributed by atoms with Crippen molar-refractivity contribution in [2.24, 2.45) is 0 Å². The van der Waals surface area contributed by atoms with Gasteiger partial charge in [0.05, 0.1) is 5.60 Å². The number of carbonyl (C=O) groups excluding carboxylic acids is 1. The van der Waals surface area contributed by atoms with Gasteiger partial charge in [-0.25, -0.2) is 0 Å². The fourth-order valence-electron chi connectivity index (χ4n) is 1.47. The molecule has 0 heterocycles. The summed E-state index contributed by atoms with van der Waals surface area (Å²) in [6.07, 6.45) is 1.01. The number of aryl methyl sites for hydroxylation is 1. The van der Waals surface area contributed by atoms with Crippen LogP contribution in [0.1, 0.15) is 33.3 Å². The largest absolute Gasteiger partial charge is 0.366 e. The first-order valence-corrected chi connectivity index (χ1v) is 6.33. The van der Waals surface area contributed by atoms with Gasteiger partial charge in [0, 0.05) is 12.7 Å². The van der Waals surface area contributed by atoms with E-state index in [2.05, 4.69) is 6.92 Å².